The maximum absolute atomic E-state index is 14.8. The highest BCUT2D eigenvalue weighted by molar-refractivity contribution is 7.80. The van der Waals surface area contributed by atoms with Gasteiger partial charge in [-0.25, -0.2) is 8.78 Å². The van der Waals surface area contributed by atoms with Crippen molar-refractivity contribution in [2.24, 2.45) is 10.8 Å². The van der Waals surface area contributed by atoms with E-state index in [1.165, 1.54) is 6.07 Å². The lowest BCUT2D eigenvalue weighted by molar-refractivity contribution is 0.123. The van der Waals surface area contributed by atoms with Gasteiger partial charge in [-0.05, 0) is 49.8 Å². The topological polar surface area (TPSA) is 56.9 Å². The molecule has 5 nitrogen and oxygen atoms in total. The van der Waals surface area contributed by atoms with Crippen molar-refractivity contribution in [2.75, 3.05) is 18.0 Å². The molecule has 0 aromatic heterocycles. The number of nitrogens with zero attached hydrogens (tertiary/aromatic N) is 3. The summed E-state index contributed by atoms with van der Waals surface area (Å²) >= 11 is 10.7. The van der Waals surface area contributed by atoms with E-state index in [-0.39, 0.29) is 28.4 Å². The van der Waals surface area contributed by atoms with Crippen LogP contribution in [0.1, 0.15) is 25.0 Å². The minimum atomic E-state index is -0.568. The SMILES string of the molecule is C[C@@H]1CN(c2cc(F)c(/C=N/NC(N)=S)cc2F)C[C@H](C)N1Cc1cccc(Cl)c1. The van der Waals surface area contributed by atoms with E-state index < -0.39 is 11.6 Å². The summed E-state index contributed by atoms with van der Waals surface area (Å²) < 4.78 is 29.3. The summed E-state index contributed by atoms with van der Waals surface area (Å²) in [6.07, 6.45) is 1.15. The molecule has 160 valence electrons. The monoisotopic (exact) mass is 451 g/mol. The lowest BCUT2D eigenvalue weighted by Gasteiger charge is -2.45. The number of rotatable bonds is 5. The van der Waals surface area contributed by atoms with Crippen molar-refractivity contribution in [1.29, 1.82) is 0 Å². The van der Waals surface area contributed by atoms with Gasteiger partial charge in [0, 0.05) is 48.4 Å². The van der Waals surface area contributed by atoms with Crippen LogP contribution in [0.5, 0.6) is 0 Å². The van der Waals surface area contributed by atoms with E-state index in [1.807, 2.05) is 29.2 Å². The van der Waals surface area contributed by atoms with Crippen LogP contribution in [0.4, 0.5) is 14.5 Å². The molecule has 1 heterocycles. The van der Waals surface area contributed by atoms with Crippen LogP contribution in [0, 0.1) is 11.6 Å². The van der Waals surface area contributed by atoms with Crippen LogP contribution in [-0.4, -0.2) is 41.4 Å². The summed E-state index contributed by atoms with van der Waals surface area (Å²) in [5, 5.41) is 4.34. The Morgan fingerprint density at radius 2 is 1.93 bits per heavy atom. The molecule has 0 spiro atoms. The third-order valence-electron chi connectivity index (χ3n) is 5.14. The lowest BCUT2D eigenvalue weighted by Crippen LogP contribution is -2.56. The number of benzene rings is 2. The van der Waals surface area contributed by atoms with Crippen molar-refractivity contribution in [3.05, 3.63) is 64.2 Å². The standard InChI is InChI=1S/C21H24ClF2N5S/c1-13-10-28(11-14(2)29(13)12-15-4-3-5-17(22)6-15)20-8-18(23)16(7-19(20)24)9-26-27-21(25)30/h3-9,13-14H,10-12H2,1-2H3,(H3,25,27,30)/b26-9+/t13-,14+. The van der Waals surface area contributed by atoms with Gasteiger partial charge < -0.3 is 10.6 Å². The van der Waals surface area contributed by atoms with Crippen LogP contribution in [-0.2, 0) is 6.54 Å². The molecule has 30 heavy (non-hydrogen) atoms. The fraction of sp³-hybridized carbons (Fsp3) is 0.333. The Labute approximate surface area is 185 Å². The molecular formula is C21H24ClF2N5S. The molecule has 0 saturated carbocycles. The number of piperazine rings is 1. The molecule has 1 aliphatic heterocycles. The zero-order valence-corrected chi connectivity index (χ0v) is 18.4. The smallest absolute Gasteiger partial charge is 0.184 e. The number of anilines is 1. The molecule has 0 bridgehead atoms. The summed E-state index contributed by atoms with van der Waals surface area (Å²) in [5.74, 6) is -1.07. The minimum absolute atomic E-state index is 0.0145. The van der Waals surface area contributed by atoms with Crippen molar-refractivity contribution in [3.8, 4) is 0 Å². The van der Waals surface area contributed by atoms with E-state index in [1.54, 1.807) is 0 Å². The first-order valence-corrected chi connectivity index (χ1v) is 10.4. The molecule has 0 radical (unpaired) electrons. The molecule has 0 aliphatic carbocycles. The van der Waals surface area contributed by atoms with E-state index in [2.05, 4.69) is 41.5 Å². The Kier molecular flexibility index (Phi) is 7.23. The Morgan fingerprint density at radius 1 is 1.23 bits per heavy atom. The van der Waals surface area contributed by atoms with Crippen LogP contribution in [0.2, 0.25) is 5.02 Å². The molecule has 9 heteroatoms. The van der Waals surface area contributed by atoms with E-state index in [0.717, 1.165) is 24.4 Å². The normalized spacial score (nSPS) is 20.0. The van der Waals surface area contributed by atoms with Gasteiger partial charge >= 0.3 is 0 Å². The first-order chi connectivity index (χ1) is 14.2. The quantitative estimate of drug-likeness (QED) is 0.410. The van der Waals surface area contributed by atoms with Gasteiger partial charge in [0.1, 0.15) is 11.6 Å². The number of halogens is 3. The fourth-order valence-corrected chi connectivity index (χ4v) is 4.04. The van der Waals surface area contributed by atoms with Crippen molar-refractivity contribution in [2.45, 2.75) is 32.5 Å². The highest BCUT2D eigenvalue weighted by Gasteiger charge is 2.31. The zero-order chi connectivity index (χ0) is 21.8. The highest BCUT2D eigenvalue weighted by atomic mass is 35.5. The summed E-state index contributed by atoms with van der Waals surface area (Å²) in [6, 6.07) is 10.4. The minimum Gasteiger partial charge on any atom is -0.375 e. The van der Waals surface area contributed by atoms with Crippen LogP contribution in [0.15, 0.2) is 41.5 Å². The van der Waals surface area contributed by atoms with Crippen molar-refractivity contribution in [3.63, 3.8) is 0 Å². The molecule has 2 aromatic rings. The molecule has 1 aliphatic rings. The van der Waals surface area contributed by atoms with Crippen LogP contribution in [0.3, 0.4) is 0 Å². The van der Waals surface area contributed by atoms with Crippen molar-refractivity contribution >= 4 is 40.8 Å². The second kappa shape index (κ2) is 9.68. The fourth-order valence-electron chi connectivity index (χ4n) is 3.77. The largest absolute Gasteiger partial charge is 0.375 e. The predicted molar refractivity (Wildman–Crippen MR) is 122 cm³/mol. The Balaban J connectivity index is 1.74. The first kappa shape index (κ1) is 22.4. The Morgan fingerprint density at radius 3 is 2.57 bits per heavy atom. The second-order valence-electron chi connectivity index (χ2n) is 7.46. The Hall–Kier alpha value is -2.29. The van der Waals surface area contributed by atoms with Gasteiger partial charge in [-0.2, -0.15) is 5.10 Å². The van der Waals surface area contributed by atoms with E-state index in [9.17, 15) is 8.78 Å². The van der Waals surface area contributed by atoms with Crippen molar-refractivity contribution in [1.82, 2.24) is 10.3 Å². The average Bonchev–Trinajstić information content (AvgIpc) is 2.66. The van der Waals surface area contributed by atoms with E-state index in [0.29, 0.717) is 18.1 Å². The second-order valence-corrected chi connectivity index (χ2v) is 8.34. The van der Waals surface area contributed by atoms with Crippen LogP contribution in [0.25, 0.3) is 0 Å². The maximum Gasteiger partial charge on any atom is 0.184 e. The summed E-state index contributed by atoms with van der Waals surface area (Å²) in [5.41, 5.74) is 8.97. The highest BCUT2D eigenvalue weighted by Crippen LogP contribution is 2.28. The number of nitrogens with two attached hydrogens (primary N) is 1. The third-order valence-corrected chi connectivity index (χ3v) is 5.47. The van der Waals surface area contributed by atoms with Gasteiger partial charge in [-0.3, -0.25) is 10.3 Å². The molecular weight excluding hydrogens is 428 g/mol. The zero-order valence-electron chi connectivity index (χ0n) is 16.8. The number of thiocarbonyl (C=S) groups is 1. The lowest BCUT2D eigenvalue weighted by atomic mass is 10.0. The molecule has 2 aromatic carbocycles. The maximum atomic E-state index is 14.8. The van der Waals surface area contributed by atoms with Crippen LogP contribution < -0.4 is 16.1 Å². The van der Waals surface area contributed by atoms with Gasteiger partial charge in [-0.15, -0.1) is 0 Å². The molecule has 0 amide bonds. The van der Waals surface area contributed by atoms with Gasteiger partial charge in [0.15, 0.2) is 5.11 Å². The number of nitrogens with one attached hydrogen (secondary N) is 1. The summed E-state index contributed by atoms with van der Waals surface area (Å²) in [6.45, 7) is 6.09. The molecule has 1 fully saturated rings. The van der Waals surface area contributed by atoms with Crippen LogP contribution >= 0.6 is 23.8 Å². The third kappa shape index (κ3) is 5.44. The predicted octanol–water partition coefficient (Wildman–Crippen LogP) is 3.88. The molecule has 3 N–H and O–H groups in total. The average molecular weight is 452 g/mol. The van der Waals surface area contributed by atoms with E-state index >= 15 is 0 Å². The van der Waals surface area contributed by atoms with Gasteiger partial charge in [-0.1, -0.05) is 23.7 Å². The van der Waals surface area contributed by atoms with Crippen molar-refractivity contribution < 1.29 is 8.78 Å². The number of hydrazone groups is 1. The molecule has 3 rings (SSSR count). The summed E-state index contributed by atoms with van der Waals surface area (Å²) in [4.78, 5) is 4.23. The van der Waals surface area contributed by atoms with E-state index in [4.69, 9.17) is 17.3 Å². The van der Waals surface area contributed by atoms with Gasteiger partial charge in [0.05, 0.1) is 11.9 Å². The Bertz CT molecular complexity index is 943. The number of hydrogen-bond donors (Lipinski definition) is 2. The molecule has 1 saturated heterocycles. The molecule has 2 atom stereocenters. The first-order valence-electron chi connectivity index (χ1n) is 9.57. The van der Waals surface area contributed by atoms with Gasteiger partial charge in [0.2, 0.25) is 0 Å². The molecule has 0 unspecified atom stereocenters. The number of hydrogen-bond acceptors (Lipinski definition) is 4. The summed E-state index contributed by atoms with van der Waals surface area (Å²) in [7, 11) is 0. The van der Waals surface area contributed by atoms with Gasteiger partial charge in [0.25, 0.3) is 0 Å².